The van der Waals surface area contributed by atoms with Crippen LogP contribution in [0.2, 0.25) is 0 Å². The molecule has 0 saturated heterocycles. The first kappa shape index (κ1) is 20.7. The van der Waals surface area contributed by atoms with Gasteiger partial charge in [0.25, 0.3) is 5.91 Å². The van der Waals surface area contributed by atoms with E-state index in [9.17, 15) is 9.59 Å². The Bertz CT molecular complexity index is 1080. The van der Waals surface area contributed by atoms with Gasteiger partial charge in [-0.2, -0.15) is 0 Å². The number of aryl methyl sites for hydroxylation is 1. The van der Waals surface area contributed by atoms with Crippen molar-refractivity contribution in [2.75, 3.05) is 23.4 Å². The highest BCUT2D eigenvalue weighted by molar-refractivity contribution is 5.95. The second kappa shape index (κ2) is 9.47. The maximum absolute atomic E-state index is 12.5. The molecule has 0 saturated carbocycles. The van der Waals surface area contributed by atoms with Crippen molar-refractivity contribution in [2.24, 2.45) is 0 Å². The average molecular weight is 415 g/mol. The van der Waals surface area contributed by atoms with Crippen molar-refractivity contribution >= 4 is 23.2 Å². The van der Waals surface area contributed by atoms with Gasteiger partial charge in [0.15, 0.2) is 6.61 Å². The van der Waals surface area contributed by atoms with Crippen LogP contribution in [0.5, 0.6) is 5.75 Å². The number of para-hydroxylation sites is 1. The van der Waals surface area contributed by atoms with E-state index >= 15 is 0 Å². The monoisotopic (exact) mass is 414 g/mol. The fraction of sp³-hybridized carbons (Fsp3) is 0.231. The third kappa shape index (κ3) is 5.12. The van der Waals surface area contributed by atoms with Gasteiger partial charge in [-0.05, 0) is 53.8 Å². The van der Waals surface area contributed by atoms with Crippen LogP contribution in [0.25, 0.3) is 0 Å². The number of carbonyl (C=O) groups excluding carboxylic acids is 2. The van der Waals surface area contributed by atoms with Crippen LogP contribution in [-0.2, 0) is 22.4 Å². The van der Waals surface area contributed by atoms with Crippen molar-refractivity contribution in [3.63, 3.8) is 0 Å². The second-order valence-electron chi connectivity index (χ2n) is 7.72. The molecule has 1 aliphatic heterocycles. The van der Waals surface area contributed by atoms with E-state index in [0.717, 1.165) is 48.3 Å². The quantitative estimate of drug-likeness (QED) is 0.642. The zero-order valence-electron chi connectivity index (χ0n) is 17.6. The summed E-state index contributed by atoms with van der Waals surface area (Å²) < 4.78 is 5.84. The lowest BCUT2D eigenvalue weighted by Gasteiger charge is -2.29. The number of rotatable bonds is 6. The summed E-state index contributed by atoms with van der Waals surface area (Å²) in [6.45, 7) is 2.25. The fourth-order valence-corrected chi connectivity index (χ4v) is 3.95. The number of anilines is 2. The molecule has 1 N–H and O–H groups in total. The van der Waals surface area contributed by atoms with Gasteiger partial charge in [0, 0.05) is 31.3 Å². The Morgan fingerprint density at radius 2 is 1.77 bits per heavy atom. The molecule has 0 fully saturated rings. The zero-order chi connectivity index (χ0) is 21.6. The maximum Gasteiger partial charge on any atom is 0.262 e. The van der Waals surface area contributed by atoms with E-state index in [1.54, 1.807) is 11.8 Å². The molecular weight excluding hydrogens is 388 g/mol. The number of benzene rings is 3. The highest BCUT2D eigenvalue weighted by Crippen LogP contribution is 2.30. The number of nitrogens with one attached hydrogen (secondary N) is 1. The molecule has 2 amide bonds. The van der Waals surface area contributed by atoms with Crippen molar-refractivity contribution in [3.05, 3.63) is 89.5 Å². The molecule has 0 aliphatic carbocycles. The van der Waals surface area contributed by atoms with Gasteiger partial charge in [0.2, 0.25) is 5.91 Å². The Morgan fingerprint density at radius 3 is 2.58 bits per heavy atom. The smallest absolute Gasteiger partial charge is 0.262 e. The number of hydrogen-bond donors (Lipinski definition) is 1. The van der Waals surface area contributed by atoms with E-state index in [0.29, 0.717) is 5.75 Å². The topological polar surface area (TPSA) is 58.6 Å². The lowest BCUT2D eigenvalue weighted by molar-refractivity contribution is -0.118. The molecule has 5 heteroatoms. The van der Waals surface area contributed by atoms with Crippen LogP contribution in [-0.4, -0.2) is 25.0 Å². The number of ether oxygens (including phenoxy) is 1. The Kier molecular flexibility index (Phi) is 6.32. The van der Waals surface area contributed by atoms with Crippen LogP contribution in [0.4, 0.5) is 11.4 Å². The molecular formula is C26H26N2O3. The molecule has 1 aliphatic rings. The minimum Gasteiger partial charge on any atom is -0.483 e. The van der Waals surface area contributed by atoms with Crippen molar-refractivity contribution in [1.29, 1.82) is 0 Å². The summed E-state index contributed by atoms with van der Waals surface area (Å²) in [5, 5.41) is 2.91. The van der Waals surface area contributed by atoms with Gasteiger partial charge in [-0.3, -0.25) is 9.59 Å². The van der Waals surface area contributed by atoms with Crippen LogP contribution in [0.3, 0.4) is 0 Å². The number of amides is 2. The summed E-state index contributed by atoms with van der Waals surface area (Å²) in [7, 11) is 0. The van der Waals surface area contributed by atoms with Gasteiger partial charge in [-0.15, -0.1) is 0 Å². The summed E-state index contributed by atoms with van der Waals surface area (Å²) in [5.74, 6) is 0.540. The highest BCUT2D eigenvalue weighted by atomic mass is 16.5. The molecule has 0 spiro atoms. The highest BCUT2D eigenvalue weighted by Gasteiger charge is 2.20. The standard InChI is InChI=1S/C26H26N2O3/c1-19(29)28-15-7-11-21-17-23(13-14-24(21)28)27-26(30)18-31-25-12-6-5-10-22(25)16-20-8-3-2-4-9-20/h2-6,8-10,12-14,17H,7,11,15-16,18H2,1H3,(H,27,30). The van der Waals surface area contributed by atoms with Crippen LogP contribution >= 0.6 is 0 Å². The molecule has 0 unspecified atom stereocenters. The van der Waals surface area contributed by atoms with Crippen molar-refractivity contribution in [3.8, 4) is 5.75 Å². The third-order valence-corrected chi connectivity index (χ3v) is 5.43. The van der Waals surface area contributed by atoms with E-state index < -0.39 is 0 Å². The molecule has 0 bridgehead atoms. The summed E-state index contributed by atoms with van der Waals surface area (Å²) >= 11 is 0. The van der Waals surface area contributed by atoms with Gasteiger partial charge in [-0.1, -0.05) is 48.5 Å². The predicted molar refractivity (Wildman–Crippen MR) is 123 cm³/mol. The predicted octanol–water partition coefficient (Wildman–Crippen LogP) is 4.59. The van der Waals surface area contributed by atoms with Crippen molar-refractivity contribution in [1.82, 2.24) is 0 Å². The van der Waals surface area contributed by atoms with Crippen LogP contribution in [0, 0.1) is 0 Å². The summed E-state index contributed by atoms with van der Waals surface area (Å²) in [6.07, 6.45) is 2.56. The van der Waals surface area contributed by atoms with E-state index in [1.165, 1.54) is 5.56 Å². The van der Waals surface area contributed by atoms with E-state index in [1.807, 2.05) is 60.7 Å². The fourth-order valence-electron chi connectivity index (χ4n) is 3.95. The zero-order valence-corrected chi connectivity index (χ0v) is 17.6. The largest absolute Gasteiger partial charge is 0.483 e. The molecule has 3 aromatic rings. The number of carbonyl (C=O) groups is 2. The Balaban J connectivity index is 1.39. The third-order valence-electron chi connectivity index (χ3n) is 5.43. The molecule has 31 heavy (non-hydrogen) atoms. The lowest BCUT2D eigenvalue weighted by Crippen LogP contribution is -2.33. The van der Waals surface area contributed by atoms with Gasteiger partial charge in [0.1, 0.15) is 5.75 Å². The minimum absolute atomic E-state index is 0.0419. The first-order chi connectivity index (χ1) is 15.1. The minimum atomic E-state index is -0.214. The van der Waals surface area contributed by atoms with Gasteiger partial charge in [-0.25, -0.2) is 0 Å². The van der Waals surface area contributed by atoms with Crippen molar-refractivity contribution in [2.45, 2.75) is 26.2 Å². The molecule has 5 nitrogen and oxygen atoms in total. The van der Waals surface area contributed by atoms with Crippen LogP contribution < -0.4 is 15.0 Å². The molecule has 158 valence electrons. The molecule has 0 atom stereocenters. The maximum atomic E-state index is 12.5. The van der Waals surface area contributed by atoms with Crippen LogP contribution in [0.1, 0.15) is 30.0 Å². The second-order valence-corrected chi connectivity index (χ2v) is 7.72. The van der Waals surface area contributed by atoms with Crippen LogP contribution in [0.15, 0.2) is 72.8 Å². The molecule has 4 rings (SSSR count). The Hall–Kier alpha value is -3.60. The Morgan fingerprint density at radius 1 is 1.00 bits per heavy atom. The summed E-state index contributed by atoms with van der Waals surface area (Å²) in [5.41, 5.74) is 4.96. The first-order valence-electron chi connectivity index (χ1n) is 10.6. The lowest BCUT2D eigenvalue weighted by atomic mass is 10.0. The van der Waals surface area contributed by atoms with E-state index in [2.05, 4.69) is 17.4 Å². The van der Waals surface area contributed by atoms with Gasteiger partial charge >= 0.3 is 0 Å². The SMILES string of the molecule is CC(=O)N1CCCc2cc(NC(=O)COc3ccccc3Cc3ccccc3)ccc21. The normalized spacial score (nSPS) is 12.7. The van der Waals surface area contributed by atoms with Gasteiger partial charge in [0.05, 0.1) is 0 Å². The number of nitrogens with zero attached hydrogens (tertiary/aromatic N) is 1. The molecule has 3 aromatic carbocycles. The number of fused-ring (bicyclic) bond motifs is 1. The average Bonchev–Trinajstić information content (AvgIpc) is 2.78. The molecule has 0 aromatic heterocycles. The van der Waals surface area contributed by atoms with Gasteiger partial charge < -0.3 is 15.0 Å². The van der Waals surface area contributed by atoms with E-state index in [4.69, 9.17) is 4.74 Å². The molecule has 1 heterocycles. The summed E-state index contributed by atoms with van der Waals surface area (Å²) in [6, 6.07) is 23.7. The van der Waals surface area contributed by atoms with E-state index in [-0.39, 0.29) is 18.4 Å². The number of hydrogen-bond acceptors (Lipinski definition) is 3. The Labute approximate surface area is 182 Å². The summed E-state index contributed by atoms with van der Waals surface area (Å²) in [4.78, 5) is 26.1. The molecule has 0 radical (unpaired) electrons. The first-order valence-corrected chi connectivity index (χ1v) is 10.6. The van der Waals surface area contributed by atoms with Crippen molar-refractivity contribution < 1.29 is 14.3 Å².